The van der Waals surface area contributed by atoms with E-state index in [-0.39, 0.29) is 19.1 Å². The lowest BCUT2D eigenvalue weighted by Gasteiger charge is -2.26. The van der Waals surface area contributed by atoms with Crippen molar-refractivity contribution in [2.24, 2.45) is 0 Å². The van der Waals surface area contributed by atoms with Crippen LogP contribution in [-0.2, 0) is 18.4 Å². The summed E-state index contributed by atoms with van der Waals surface area (Å²) < 4.78 is 23.4. The summed E-state index contributed by atoms with van der Waals surface area (Å²) >= 11 is 0. The van der Waals surface area contributed by atoms with Gasteiger partial charge in [0.15, 0.2) is 0 Å². The number of hydrogen-bond donors (Lipinski definition) is 3. The molecule has 0 aromatic carbocycles. The fourth-order valence-electron chi connectivity index (χ4n) is 7.17. The summed E-state index contributed by atoms with van der Waals surface area (Å²) in [6.07, 6.45) is 52.7. The van der Waals surface area contributed by atoms with Crippen LogP contribution < -0.4 is 5.32 Å². The zero-order chi connectivity index (χ0) is 43.6. The Labute approximate surface area is 366 Å². The predicted molar refractivity (Wildman–Crippen MR) is 254 cm³/mol. The number of quaternary nitrogens is 1. The number of hydrogen-bond acceptors (Lipinski definition) is 5. The Morgan fingerprint density at radius 1 is 0.576 bits per heavy atom. The third kappa shape index (κ3) is 44.6. The Morgan fingerprint density at radius 2 is 0.966 bits per heavy atom. The van der Waals surface area contributed by atoms with Crippen molar-refractivity contribution in [1.82, 2.24) is 5.32 Å². The number of aliphatic hydroxyl groups is 1. The predicted octanol–water partition coefficient (Wildman–Crippen LogP) is 14.3. The van der Waals surface area contributed by atoms with Gasteiger partial charge in [-0.05, 0) is 51.4 Å². The van der Waals surface area contributed by atoms with E-state index in [0.717, 1.165) is 57.8 Å². The zero-order valence-corrected chi connectivity index (χ0v) is 40.4. The van der Waals surface area contributed by atoms with Gasteiger partial charge in [-0.1, -0.05) is 204 Å². The average molecular weight is 854 g/mol. The second kappa shape index (κ2) is 42.0. The number of allylic oxidation sites excluding steroid dienone is 6. The topological polar surface area (TPSA) is 105 Å². The number of nitrogens with one attached hydrogen (secondary N) is 1. The highest BCUT2D eigenvalue weighted by atomic mass is 31.2. The van der Waals surface area contributed by atoms with Crippen LogP contribution in [0.2, 0.25) is 0 Å². The first kappa shape index (κ1) is 57.7. The number of carbonyl (C=O) groups excluding carboxylic acids is 1. The van der Waals surface area contributed by atoms with Gasteiger partial charge >= 0.3 is 7.82 Å². The number of rotatable bonds is 45. The summed E-state index contributed by atoms with van der Waals surface area (Å²) in [5.41, 5.74) is 0. The molecule has 0 fully saturated rings. The van der Waals surface area contributed by atoms with Gasteiger partial charge in [-0.25, -0.2) is 4.57 Å². The molecule has 0 aromatic heterocycles. The Balaban J connectivity index is 3.76. The molecular formula is C50H98N2O6P+. The van der Waals surface area contributed by atoms with Crippen LogP contribution in [0.15, 0.2) is 36.5 Å². The fraction of sp³-hybridized carbons (Fsp3) is 0.860. The SMILES string of the molecule is CCCCCCC/C=C\C/C=C\C/C=C\CCCCCCCCCCCCCCCCCCCCC(=O)NC(COP(=O)(O)OCC[N+](C)(C)C)C(O)CCCCCC. The molecule has 0 aliphatic carbocycles. The van der Waals surface area contributed by atoms with E-state index in [1.165, 1.54) is 141 Å². The van der Waals surface area contributed by atoms with Crippen molar-refractivity contribution in [3.05, 3.63) is 36.5 Å². The molecule has 0 spiro atoms. The van der Waals surface area contributed by atoms with Crippen molar-refractivity contribution >= 4 is 13.7 Å². The number of likely N-dealkylation sites (N-methyl/N-ethyl adjacent to an activating group) is 1. The first-order valence-corrected chi connectivity index (χ1v) is 26.3. The Bertz CT molecular complexity index is 1060. The summed E-state index contributed by atoms with van der Waals surface area (Å²) in [7, 11) is 1.61. The Morgan fingerprint density at radius 3 is 1.41 bits per heavy atom. The number of carbonyl (C=O) groups is 1. The molecule has 0 aromatic rings. The van der Waals surface area contributed by atoms with Gasteiger partial charge in [0.1, 0.15) is 13.2 Å². The molecule has 0 saturated heterocycles. The lowest BCUT2D eigenvalue weighted by Crippen LogP contribution is -2.46. The minimum Gasteiger partial charge on any atom is -0.391 e. The van der Waals surface area contributed by atoms with Crippen molar-refractivity contribution < 1.29 is 32.9 Å². The molecule has 0 radical (unpaired) electrons. The van der Waals surface area contributed by atoms with Crippen molar-refractivity contribution in [3.63, 3.8) is 0 Å². The van der Waals surface area contributed by atoms with E-state index in [2.05, 4.69) is 55.6 Å². The van der Waals surface area contributed by atoms with E-state index in [0.29, 0.717) is 23.9 Å². The first-order valence-electron chi connectivity index (χ1n) is 24.9. The van der Waals surface area contributed by atoms with Crippen LogP contribution in [0, 0.1) is 0 Å². The van der Waals surface area contributed by atoms with E-state index >= 15 is 0 Å². The van der Waals surface area contributed by atoms with E-state index in [4.69, 9.17) is 9.05 Å². The number of unbranched alkanes of at least 4 members (excludes halogenated alkanes) is 26. The van der Waals surface area contributed by atoms with E-state index in [9.17, 15) is 19.4 Å². The second-order valence-corrected chi connectivity index (χ2v) is 19.6. The normalized spacial score (nSPS) is 14.5. The number of phosphoric acid groups is 1. The van der Waals surface area contributed by atoms with Crippen LogP contribution in [0.25, 0.3) is 0 Å². The molecule has 1 amide bonds. The highest BCUT2D eigenvalue weighted by molar-refractivity contribution is 7.47. The standard InChI is InChI=1S/C50H97N2O6P/c1-6-8-10-12-13-14-15-16-17-18-19-20-21-22-23-24-25-26-27-28-29-30-31-32-33-34-35-36-37-38-39-40-42-44-50(54)51-48(49(53)43-41-11-9-7-2)47-58-59(55,56)57-46-45-52(3,4)5/h15-16,18-19,21-22,48-49,53H,6-14,17,20,23-47H2,1-5H3,(H-,51,54,55,56)/p+1/b16-15-,19-18-,22-21-. The maximum atomic E-state index is 12.8. The van der Waals surface area contributed by atoms with Crippen molar-refractivity contribution in [1.29, 1.82) is 0 Å². The van der Waals surface area contributed by atoms with E-state index < -0.39 is 20.0 Å². The minimum absolute atomic E-state index is 0.0741. The van der Waals surface area contributed by atoms with Crippen molar-refractivity contribution in [3.8, 4) is 0 Å². The van der Waals surface area contributed by atoms with Crippen molar-refractivity contribution in [2.45, 2.75) is 238 Å². The van der Waals surface area contributed by atoms with E-state index in [1.807, 2.05) is 21.1 Å². The largest absolute Gasteiger partial charge is 0.472 e. The molecular weight excluding hydrogens is 756 g/mol. The summed E-state index contributed by atoms with van der Waals surface area (Å²) in [5.74, 6) is -0.152. The molecule has 0 aliphatic heterocycles. The number of phosphoric ester groups is 1. The molecule has 0 aliphatic rings. The number of amides is 1. The molecule has 59 heavy (non-hydrogen) atoms. The van der Waals surface area contributed by atoms with Crippen LogP contribution in [0.3, 0.4) is 0 Å². The molecule has 0 saturated carbocycles. The molecule has 0 heterocycles. The first-order chi connectivity index (χ1) is 28.5. The fourth-order valence-corrected chi connectivity index (χ4v) is 7.91. The molecule has 348 valence electrons. The quantitative estimate of drug-likeness (QED) is 0.0244. The summed E-state index contributed by atoms with van der Waals surface area (Å²) in [6.45, 7) is 4.76. The lowest BCUT2D eigenvalue weighted by molar-refractivity contribution is -0.870. The third-order valence-electron chi connectivity index (χ3n) is 11.1. The molecule has 8 nitrogen and oxygen atoms in total. The van der Waals surface area contributed by atoms with Crippen LogP contribution >= 0.6 is 7.82 Å². The molecule has 0 bridgehead atoms. The maximum absolute atomic E-state index is 12.8. The van der Waals surface area contributed by atoms with Gasteiger partial charge < -0.3 is 19.8 Å². The van der Waals surface area contributed by atoms with Gasteiger partial charge in [-0.3, -0.25) is 13.8 Å². The van der Waals surface area contributed by atoms with Crippen LogP contribution in [0.5, 0.6) is 0 Å². The van der Waals surface area contributed by atoms with E-state index in [1.54, 1.807) is 0 Å². The molecule has 3 unspecified atom stereocenters. The van der Waals surface area contributed by atoms with Crippen LogP contribution in [0.1, 0.15) is 226 Å². The minimum atomic E-state index is -4.29. The Hall–Kier alpha value is -1.28. The molecule has 3 atom stereocenters. The third-order valence-corrected chi connectivity index (χ3v) is 12.1. The number of nitrogens with zero attached hydrogens (tertiary/aromatic N) is 1. The summed E-state index contributed by atoms with van der Waals surface area (Å²) in [4.78, 5) is 22.9. The smallest absolute Gasteiger partial charge is 0.391 e. The van der Waals surface area contributed by atoms with Gasteiger partial charge in [0.25, 0.3) is 0 Å². The zero-order valence-electron chi connectivity index (χ0n) is 39.5. The highest BCUT2D eigenvalue weighted by Gasteiger charge is 2.28. The second-order valence-electron chi connectivity index (χ2n) is 18.2. The van der Waals surface area contributed by atoms with Crippen LogP contribution in [0.4, 0.5) is 0 Å². The summed E-state index contributed by atoms with van der Waals surface area (Å²) in [6, 6.07) is -0.754. The average Bonchev–Trinajstić information content (AvgIpc) is 3.19. The number of aliphatic hydroxyl groups excluding tert-OH is 1. The van der Waals surface area contributed by atoms with Gasteiger partial charge in [-0.2, -0.15) is 0 Å². The molecule has 3 N–H and O–H groups in total. The lowest BCUT2D eigenvalue weighted by atomic mass is 10.0. The molecule has 0 rings (SSSR count). The van der Waals surface area contributed by atoms with Gasteiger partial charge in [-0.15, -0.1) is 0 Å². The monoisotopic (exact) mass is 854 g/mol. The van der Waals surface area contributed by atoms with Gasteiger partial charge in [0.05, 0.1) is 39.9 Å². The maximum Gasteiger partial charge on any atom is 0.472 e. The summed E-state index contributed by atoms with van der Waals surface area (Å²) in [5, 5.41) is 13.7. The molecule has 9 heteroatoms. The van der Waals surface area contributed by atoms with Crippen LogP contribution in [-0.4, -0.2) is 73.4 Å². The Kier molecular flexibility index (Phi) is 41.1. The van der Waals surface area contributed by atoms with Gasteiger partial charge in [0, 0.05) is 6.42 Å². The highest BCUT2D eigenvalue weighted by Crippen LogP contribution is 2.43. The van der Waals surface area contributed by atoms with Gasteiger partial charge in [0.2, 0.25) is 5.91 Å². The van der Waals surface area contributed by atoms with Crippen molar-refractivity contribution in [2.75, 3.05) is 40.9 Å².